The first-order valence-corrected chi connectivity index (χ1v) is 7.94. The minimum atomic E-state index is 0.398. The number of nitrogens with one attached hydrogen (secondary N) is 1. The van der Waals surface area contributed by atoms with E-state index in [1.165, 1.54) is 31.2 Å². The second kappa shape index (κ2) is 5.49. The number of rotatable bonds is 5. The molecule has 2 unspecified atom stereocenters. The minimum Gasteiger partial charge on any atom is -0.378 e. The Morgan fingerprint density at radius 2 is 2.10 bits per heavy atom. The molecule has 20 heavy (non-hydrogen) atoms. The van der Waals surface area contributed by atoms with Crippen molar-refractivity contribution in [2.24, 2.45) is 5.41 Å². The number of hydrogen-bond acceptors (Lipinski definition) is 4. The van der Waals surface area contributed by atoms with Crippen LogP contribution in [0, 0.1) is 19.3 Å². The van der Waals surface area contributed by atoms with Crippen molar-refractivity contribution in [3.05, 3.63) is 17.0 Å². The van der Waals surface area contributed by atoms with Gasteiger partial charge in [-0.15, -0.1) is 0 Å². The molecular formula is C16H26N2O2. The zero-order valence-corrected chi connectivity index (χ0v) is 12.9. The van der Waals surface area contributed by atoms with Crippen molar-refractivity contribution in [2.75, 3.05) is 6.61 Å². The van der Waals surface area contributed by atoms with Gasteiger partial charge in [0.15, 0.2) is 0 Å². The largest absolute Gasteiger partial charge is 0.378 e. The molecule has 112 valence electrons. The molecule has 1 spiro atoms. The molecule has 0 radical (unpaired) electrons. The van der Waals surface area contributed by atoms with Gasteiger partial charge < -0.3 is 14.6 Å². The molecule has 2 fully saturated rings. The van der Waals surface area contributed by atoms with Crippen LogP contribution >= 0.6 is 0 Å². The minimum absolute atomic E-state index is 0.398. The fraction of sp³-hybridized carbons (Fsp3) is 0.812. The summed E-state index contributed by atoms with van der Waals surface area (Å²) in [6, 6.07) is 0.593. The summed E-state index contributed by atoms with van der Waals surface area (Å²) >= 11 is 0. The maximum Gasteiger partial charge on any atom is 0.138 e. The summed E-state index contributed by atoms with van der Waals surface area (Å²) < 4.78 is 11.2. The standard InChI is InChI=1S/C16H26N2O2/c1-4-19-15-9-14(16(15)7-5-6-8-16)17-10-13-11(2)18-20-12(13)3/h14-15,17H,4-10H2,1-3H3. The molecule has 1 heterocycles. The van der Waals surface area contributed by atoms with Crippen molar-refractivity contribution in [3.8, 4) is 0 Å². The van der Waals surface area contributed by atoms with Gasteiger partial charge in [0.05, 0.1) is 11.8 Å². The number of aromatic nitrogens is 1. The van der Waals surface area contributed by atoms with E-state index in [9.17, 15) is 0 Å². The third kappa shape index (κ3) is 2.19. The zero-order valence-electron chi connectivity index (χ0n) is 12.9. The number of ether oxygens (including phenoxy) is 1. The van der Waals surface area contributed by atoms with Crippen LogP contribution in [0.5, 0.6) is 0 Å². The van der Waals surface area contributed by atoms with Gasteiger partial charge in [0, 0.05) is 30.2 Å². The molecule has 0 bridgehead atoms. The molecule has 4 nitrogen and oxygen atoms in total. The van der Waals surface area contributed by atoms with E-state index in [1.54, 1.807) is 0 Å². The fourth-order valence-corrected chi connectivity index (χ4v) is 4.15. The summed E-state index contributed by atoms with van der Waals surface area (Å²) in [5.74, 6) is 0.941. The Hall–Kier alpha value is -0.870. The van der Waals surface area contributed by atoms with Crippen LogP contribution in [0.15, 0.2) is 4.52 Å². The predicted octanol–water partition coefficient (Wildman–Crippen LogP) is 3.12. The fourth-order valence-electron chi connectivity index (χ4n) is 4.15. The van der Waals surface area contributed by atoms with Gasteiger partial charge in [-0.05, 0) is 40.0 Å². The van der Waals surface area contributed by atoms with Crippen LogP contribution in [-0.4, -0.2) is 23.9 Å². The SMILES string of the molecule is CCOC1CC(NCc2c(C)noc2C)C12CCCC2. The van der Waals surface area contributed by atoms with E-state index >= 15 is 0 Å². The van der Waals surface area contributed by atoms with Crippen molar-refractivity contribution in [1.29, 1.82) is 0 Å². The Balaban J connectivity index is 1.63. The highest BCUT2D eigenvalue weighted by Crippen LogP contribution is 2.54. The first kappa shape index (κ1) is 14.1. The van der Waals surface area contributed by atoms with E-state index in [0.717, 1.165) is 31.0 Å². The quantitative estimate of drug-likeness (QED) is 0.899. The monoisotopic (exact) mass is 278 g/mol. The molecule has 2 saturated carbocycles. The molecule has 1 aromatic heterocycles. The first-order chi connectivity index (χ1) is 9.67. The molecule has 2 atom stereocenters. The van der Waals surface area contributed by atoms with E-state index < -0.39 is 0 Å². The lowest BCUT2D eigenvalue weighted by Crippen LogP contribution is -2.62. The molecule has 4 heteroatoms. The van der Waals surface area contributed by atoms with Gasteiger partial charge in [0.25, 0.3) is 0 Å². The van der Waals surface area contributed by atoms with Gasteiger partial charge in [-0.1, -0.05) is 18.0 Å². The highest BCUT2D eigenvalue weighted by Gasteiger charge is 2.56. The van der Waals surface area contributed by atoms with Crippen LogP contribution < -0.4 is 5.32 Å². The average molecular weight is 278 g/mol. The molecule has 0 aliphatic heterocycles. The highest BCUT2D eigenvalue weighted by atomic mass is 16.5. The van der Waals surface area contributed by atoms with Gasteiger partial charge in [-0.3, -0.25) is 0 Å². The summed E-state index contributed by atoms with van der Waals surface area (Å²) in [6.45, 7) is 7.82. The Bertz CT molecular complexity index is 444. The van der Waals surface area contributed by atoms with Gasteiger partial charge in [0.1, 0.15) is 5.76 Å². The lowest BCUT2D eigenvalue weighted by molar-refractivity contribution is -0.130. The summed E-state index contributed by atoms with van der Waals surface area (Å²) in [7, 11) is 0. The van der Waals surface area contributed by atoms with Crippen LogP contribution in [0.2, 0.25) is 0 Å². The van der Waals surface area contributed by atoms with Gasteiger partial charge >= 0.3 is 0 Å². The Morgan fingerprint density at radius 1 is 1.35 bits per heavy atom. The van der Waals surface area contributed by atoms with Gasteiger partial charge in [-0.2, -0.15) is 0 Å². The van der Waals surface area contributed by atoms with Crippen LogP contribution in [0.4, 0.5) is 0 Å². The normalized spacial score (nSPS) is 27.9. The van der Waals surface area contributed by atoms with Gasteiger partial charge in [0.2, 0.25) is 0 Å². The average Bonchev–Trinajstić information content (AvgIpc) is 3.04. The van der Waals surface area contributed by atoms with Gasteiger partial charge in [-0.25, -0.2) is 0 Å². The molecule has 3 rings (SSSR count). The Kier molecular flexibility index (Phi) is 3.87. The first-order valence-electron chi connectivity index (χ1n) is 7.94. The topological polar surface area (TPSA) is 47.3 Å². The van der Waals surface area contributed by atoms with E-state index in [0.29, 0.717) is 17.6 Å². The van der Waals surface area contributed by atoms with Crippen LogP contribution in [0.3, 0.4) is 0 Å². The summed E-state index contributed by atoms with van der Waals surface area (Å²) in [6.07, 6.45) is 6.96. The number of nitrogens with zero attached hydrogens (tertiary/aromatic N) is 1. The van der Waals surface area contributed by atoms with Crippen LogP contribution in [-0.2, 0) is 11.3 Å². The van der Waals surface area contributed by atoms with Crippen molar-refractivity contribution in [3.63, 3.8) is 0 Å². The van der Waals surface area contributed by atoms with E-state index in [4.69, 9.17) is 9.26 Å². The Morgan fingerprint density at radius 3 is 2.70 bits per heavy atom. The maximum atomic E-state index is 5.96. The molecule has 0 amide bonds. The van der Waals surface area contributed by atoms with Crippen molar-refractivity contribution < 1.29 is 9.26 Å². The molecule has 2 aliphatic carbocycles. The molecule has 2 aliphatic rings. The summed E-state index contributed by atoms with van der Waals surface area (Å²) in [4.78, 5) is 0. The predicted molar refractivity (Wildman–Crippen MR) is 77.5 cm³/mol. The maximum absolute atomic E-state index is 5.96. The third-order valence-corrected chi connectivity index (χ3v) is 5.39. The van der Waals surface area contributed by atoms with Crippen molar-refractivity contribution in [2.45, 2.75) is 71.6 Å². The van der Waals surface area contributed by atoms with E-state index in [1.807, 2.05) is 13.8 Å². The van der Waals surface area contributed by atoms with E-state index in [-0.39, 0.29) is 0 Å². The molecular weight excluding hydrogens is 252 g/mol. The number of hydrogen-bond donors (Lipinski definition) is 1. The smallest absolute Gasteiger partial charge is 0.138 e. The highest BCUT2D eigenvalue weighted by molar-refractivity contribution is 5.21. The third-order valence-electron chi connectivity index (χ3n) is 5.39. The molecule has 1 N–H and O–H groups in total. The molecule has 0 saturated heterocycles. The second-order valence-corrected chi connectivity index (χ2v) is 6.36. The van der Waals surface area contributed by atoms with Crippen LogP contribution in [0.25, 0.3) is 0 Å². The lowest BCUT2D eigenvalue weighted by atomic mass is 9.60. The molecule has 1 aromatic rings. The van der Waals surface area contributed by atoms with Crippen molar-refractivity contribution in [1.82, 2.24) is 10.5 Å². The Labute approximate surface area is 121 Å². The lowest BCUT2D eigenvalue weighted by Gasteiger charge is -2.54. The number of aryl methyl sites for hydroxylation is 2. The van der Waals surface area contributed by atoms with Crippen molar-refractivity contribution >= 4 is 0 Å². The summed E-state index contributed by atoms with van der Waals surface area (Å²) in [5.41, 5.74) is 2.63. The van der Waals surface area contributed by atoms with Crippen LogP contribution in [0.1, 0.15) is 56.0 Å². The van der Waals surface area contributed by atoms with E-state index in [2.05, 4.69) is 17.4 Å². The zero-order chi connectivity index (χ0) is 14.2. The second-order valence-electron chi connectivity index (χ2n) is 6.36. The molecule has 0 aromatic carbocycles. The summed E-state index contributed by atoms with van der Waals surface area (Å²) in [5, 5.41) is 7.78.